The van der Waals surface area contributed by atoms with E-state index in [-0.39, 0.29) is 11.4 Å². The zero-order valence-electron chi connectivity index (χ0n) is 9.63. The number of hydrogen-bond donors (Lipinski definition) is 0. The molecule has 0 bridgehead atoms. The van der Waals surface area contributed by atoms with Crippen LogP contribution in [0.3, 0.4) is 0 Å². The molecule has 2 aromatic heterocycles. The van der Waals surface area contributed by atoms with Gasteiger partial charge >= 0.3 is 5.84 Å². The number of para-hydroxylation sites is 1. The van der Waals surface area contributed by atoms with Crippen molar-refractivity contribution < 1.29 is 4.42 Å². The first-order valence-electron chi connectivity index (χ1n) is 5.73. The van der Waals surface area contributed by atoms with Gasteiger partial charge in [0, 0.05) is 5.02 Å². The molecule has 0 aliphatic carbocycles. The van der Waals surface area contributed by atoms with Crippen molar-refractivity contribution in [3.05, 3.63) is 57.8 Å². The molecule has 0 N–H and O–H groups in total. The van der Waals surface area contributed by atoms with Crippen molar-refractivity contribution >= 4 is 39.4 Å². The first-order chi connectivity index (χ1) is 9.24. The van der Waals surface area contributed by atoms with E-state index in [1.165, 1.54) is 4.40 Å². The van der Waals surface area contributed by atoms with Crippen molar-refractivity contribution in [1.29, 1.82) is 0 Å². The normalized spacial score (nSPS) is 11.6. The molecule has 0 saturated heterocycles. The van der Waals surface area contributed by atoms with Gasteiger partial charge in [-0.25, -0.2) is 4.40 Å². The Morgan fingerprint density at radius 2 is 2.00 bits per heavy atom. The SMILES string of the molecule is O=c1c2ccccc2oc2nc3ccc(Cl)cc3n12. The molecule has 4 nitrogen and oxygen atoms in total. The molecule has 0 atom stereocenters. The lowest BCUT2D eigenvalue weighted by atomic mass is 10.2. The Bertz CT molecular complexity index is 1000. The van der Waals surface area contributed by atoms with Gasteiger partial charge in [-0.3, -0.25) is 4.79 Å². The first kappa shape index (κ1) is 10.6. The molecule has 2 heterocycles. The Labute approximate surface area is 111 Å². The summed E-state index contributed by atoms with van der Waals surface area (Å²) in [6.45, 7) is 0. The molecule has 0 amide bonds. The van der Waals surface area contributed by atoms with E-state index in [0.29, 0.717) is 27.0 Å². The van der Waals surface area contributed by atoms with Gasteiger partial charge in [0.2, 0.25) is 0 Å². The van der Waals surface area contributed by atoms with Crippen LogP contribution in [0.1, 0.15) is 0 Å². The van der Waals surface area contributed by atoms with Gasteiger partial charge in [-0.05, 0) is 30.3 Å². The first-order valence-corrected chi connectivity index (χ1v) is 6.11. The molecule has 0 unspecified atom stereocenters. The van der Waals surface area contributed by atoms with Crippen LogP contribution in [0.4, 0.5) is 0 Å². The van der Waals surface area contributed by atoms with Crippen molar-refractivity contribution in [2.75, 3.05) is 0 Å². The lowest BCUT2D eigenvalue weighted by Gasteiger charge is -1.98. The number of halogens is 1. The van der Waals surface area contributed by atoms with Crippen LogP contribution in [0.25, 0.3) is 27.8 Å². The standard InChI is InChI=1S/C14H7ClN2O2/c15-8-5-6-10-11(7-8)17-13(18)9-3-1-2-4-12(9)19-14(17)16-10/h1-7H. The fourth-order valence-corrected chi connectivity index (χ4v) is 2.41. The van der Waals surface area contributed by atoms with E-state index in [4.69, 9.17) is 16.0 Å². The minimum Gasteiger partial charge on any atom is -0.424 e. The fourth-order valence-electron chi connectivity index (χ4n) is 2.24. The topological polar surface area (TPSA) is 47.5 Å². The predicted octanol–water partition coefficient (Wildman–Crippen LogP) is 3.25. The third-order valence-corrected chi connectivity index (χ3v) is 3.34. The largest absolute Gasteiger partial charge is 0.424 e. The zero-order valence-corrected chi connectivity index (χ0v) is 10.4. The summed E-state index contributed by atoms with van der Waals surface area (Å²) in [6.07, 6.45) is 0. The summed E-state index contributed by atoms with van der Waals surface area (Å²) in [6, 6.07) is 12.3. The minimum atomic E-state index is -0.151. The summed E-state index contributed by atoms with van der Waals surface area (Å²) in [5.74, 6) is 0.279. The van der Waals surface area contributed by atoms with Crippen molar-refractivity contribution in [3.8, 4) is 0 Å². The Morgan fingerprint density at radius 1 is 1.16 bits per heavy atom. The molecule has 0 radical (unpaired) electrons. The van der Waals surface area contributed by atoms with Gasteiger partial charge in [0.15, 0.2) is 0 Å². The van der Waals surface area contributed by atoms with Crippen LogP contribution in [0.5, 0.6) is 0 Å². The molecule has 4 aromatic rings. The van der Waals surface area contributed by atoms with Crippen molar-refractivity contribution in [1.82, 2.24) is 9.38 Å². The maximum atomic E-state index is 12.5. The molecule has 0 aliphatic heterocycles. The highest BCUT2D eigenvalue weighted by atomic mass is 35.5. The second-order valence-corrected chi connectivity index (χ2v) is 4.70. The van der Waals surface area contributed by atoms with Crippen molar-refractivity contribution in [2.45, 2.75) is 0 Å². The maximum Gasteiger partial charge on any atom is 0.310 e. The lowest BCUT2D eigenvalue weighted by Crippen LogP contribution is -2.12. The summed E-state index contributed by atoms with van der Waals surface area (Å²) < 4.78 is 7.11. The number of hydrogen-bond acceptors (Lipinski definition) is 3. The number of imidazole rings is 1. The molecule has 0 saturated carbocycles. The highest BCUT2D eigenvalue weighted by Crippen LogP contribution is 2.21. The van der Waals surface area contributed by atoms with E-state index in [0.717, 1.165) is 0 Å². The summed E-state index contributed by atoms with van der Waals surface area (Å²) in [7, 11) is 0. The minimum absolute atomic E-state index is 0.151. The second kappa shape index (κ2) is 3.59. The number of rotatable bonds is 0. The Hall–Kier alpha value is -2.33. The number of benzene rings is 2. The fraction of sp³-hybridized carbons (Fsp3) is 0. The predicted molar refractivity (Wildman–Crippen MR) is 73.8 cm³/mol. The molecular formula is C14H7ClN2O2. The van der Waals surface area contributed by atoms with Crippen LogP contribution in [-0.4, -0.2) is 9.38 Å². The lowest BCUT2D eigenvalue weighted by molar-refractivity contribution is 0.616. The molecule has 19 heavy (non-hydrogen) atoms. The zero-order chi connectivity index (χ0) is 13.0. The van der Waals surface area contributed by atoms with Crippen LogP contribution in [0, 0.1) is 0 Å². The average molecular weight is 271 g/mol. The maximum absolute atomic E-state index is 12.5. The van der Waals surface area contributed by atoms with E-state index < -0.39 is 0 Å². The van der Waals surface area contributed by atoms with Gasteiger partial charge in [-0.15, -0.1) is 0 Å². The van der Waals surface area contributed by atoms with Crippen molar-refractivity contribution in [2.24, 2.45) is 0 Å². The van der Waals surface area contributed by atoms with E-state index in [1.54, 1.807) is 36.4 Å². The number of aromatic nitrogens is 2. The summed E-state index contributed by atoms with van der Waals surface area (Å²) >= 11 is 5.97. The Kier molecular flexibility index (Phi) is 2.00. The van der Waals surface area contributed by atoms with E-state index in [2.05, 4.69) is 4.98 Å². The average Bonchev–Trinajstić information content (AvgIpc) is 2.76. The van der Waals surface area contributed by atoms with Crippen LogP contribution in [0.2, 0.25) is 5.02 Å². The Balaban J connectivity index is 2.35. The molecule has 0 fully saturated rings. The highest BCUT2D eigenvalue weighted by Gasteiger charge is 2.12. The smallest absolute Gasteiger partial charge is 0.310 e. The van der Waals surface area contributed by atoms with Crippen molar-refractivity contribution in [3.63, 3.8) is 0 Å². The molecule has 4 rings (SSSR count). The van der Waals surface area contributed by atoms with E-state index >= 15 is 0 Å². The van der Waals surface area contributed by atoms with Gasteiger partial charge in [0.25, 0.3) is 5.56 Å². The summed E-state index contributed by atoms with van der Waals surface area (Å²) in [5, 5.41) is 1.08. The van der Waals surface area contributed by atoms with Crippen LogP contribution in [-0.2, 0) is 0 Å². The third-order valence-electron chi connectivity index (χ3n) is 3.11. The second-order valence-electron chi connectivity index (χ2n) is 4.27. The van der Waals surface area contributed by atoms with Crippen LogP contribution < -0.4 is 5.56 Å². The van der Waals surface area contributed by atoms with Gasteiger partial charge in [0.05, 0.1) is 16.4 Å². The number of fused-ring (bicyclic) bond motifs is 4. The van der Waals surface area contributed by atoms with Gasteiger partial charge in [-0.2, -0.15) is 4.98 Å². The molecular weight excluding hydrogens is 264 g/mol. The Morgan fingerprint density at radius 3 is 2.89 bits per heavy atom. The third kappa shape index (κ3) is 1.40. The highest BCUT2D eigenvalue weighted by molar-refractivity contribution is 6.31. The van der Waals surface area contributed by atoms with E-state index in [9.17, 15) is 4.79 Å². The number of nitrogens with zero attached hydrogens (tertiary/aromatic N) is 2. The molecule has 0 spiro atoms. The van der Waals surface area contributed by atoms with Crippen LogP contribution >= 0.6 is 11.6 Å². The molecule has 2 aromatic carbocycles. The molecule has 0 aliphatic rings. The van der Waals surface area contributed by atoms with E-state index in [1.807, 2.05) is 6.07 Å². The monoisotopic (exact) mass is 270 g/mol. The van der Waals surface area contributed by atoms with Gasteiger partial charge < -0.3 is 4.42 Å². The van der Waals surface area contributed by atoms with Gasteiger partial charge in [0.1, 0.15) is 5.58 Å². The quantitative estimate of drug-likeness (QED) is 0.493. The summed E-state index contributed by atoms with van der Waals surface area (Å²) in [5.41, 5.74) is 1.71. The summed E-state index contributed by atoms with van der Waals surface area (Å²) in [4.78, 5) is 16.8. The molecule has 92 valence electrons. The van der Waals surface area contributed by atoms with Crippen LogP contribution in [0.15, 0.2) is 51.7 Å². The van der Waals surface area contributed by atoms with Gasteiger partial charge in [-0.1, -0.05) is 23.7 Å². The molecule has 5 heteroatoms.